The number of hydrogen-bond acceptors (Lipinski definition) is 9. The molecule has 0 amide bonds. The fraction of sp³-hybridized carbons (Fsp3) is 0.861. The van der Waals surface area contributed by atoms with Gasteiger partial charge >= 0.3 is 0 Å². The molecule has 256 valence electrons. The quantitative estimate of drug-likeness (QED) is 0.174. The van der Waals surface area contributed by atoms with Gasteiger partial charge in [0, 0.05) is 16.7 Å². The zero-order valence-corrected chi connectivity index (χ0v) is 28.2. The first kappa shape index (κ1) is 35.1. The van der Waals surface area contributed by atoms with E-state index in [0.717, 1.165) is 36.7 Å². The molecule has 0 aromatic rings. The van der Waals surface area contributed by atoms with Crippen molar-refractivity contribution in [3.8, 4) is 0 Å². The van der Waals surface area contributed by atoms with Gasteiger partial charge in [0.2, 0.25) is 0 Å². The van der Waals surface area contributed by atoms with Crippen LogP contribution < -0.4 is 0 Å². The molecule has 5 aliphatic rings. The van der Waals surface area contributed by atoms with Gasteiger partial charge in [0.1, 0.15) is 30.7 Å². The number of ether oxygens (including phenoxy) is 2. The second kappa shape index (κ2) is 12.4. The zero-order chi connectivity index (χ0) is 33.3. The van der Waals surface area contributed by atoms with E-state index >= 15 is 0 Å². The van der Waals surface area contributed by atoms with Crippen LogP contribution in [0.15, 0.2) is 23.3 Å². The molecule has 3 saturated carbocycles. The molecule has 9 nitrogen and oxygen atoms in total. The van der Waals surface area contributed by atoms with Crippen LogP contribution in [0.2, 0.25) is 0 Å². The first-order valence-corrected chi connectivity index (χ1v) is 17.1. The minimum Gasteiger partial charge on any atom is -0.394 e. The molecule has 4 aliphatic carbocycles. The summed E-state index contributed by atoms with van der Waals surface area (Å²) in [6.45, 7) is 14.3. The highest BCUT2D eigenvalue weighted by atomic mass is 16.7. The predicted molar refractivity (Wildman–Crippen MR) is 169 cm³/mol. The van der Waals surface area contributed by atoms with Crippen LogP contribution in [0.4, 0.5) is 0 Å². The van der Waals surface area contributed by atoms with E-state index < -0.39 is 66.5 Å². The van der Waals surface area contributed by atoms with E-state index in [9.17, 15) is 35.4 Å². The molecule has 0 aromatic carbocycles. The number of allylic oxidation sites excluding steroid dienone is 1. The summed E-state index contributed by atoms with van der Waals surface area (Å²) in [6.07, 6.45) is 1.55. The standard InChI is InChI=1S/C36H58O9/c1-19(2)14-21(39)15-20(3)22-10-11-35(7)31-25(44-32-30(43)29(42)28(41)26(17-37)45-32)16-24-23(8-9-27(40)33(24,4)5)36(31,18-38)13-12-34(22,35)6/h14,16,18,20-23,25-32,37,39-43H,8-13,15,17H2,1-7H3. The fourth-order valence-corrected chi connectivity index (χ4v) is 11.0. The highest BCUT2D eigenvalue weighted by Crippen LogP contribution is 2.75. The van der Waals surface area contributed by atoms with Crippen molar-refractivity contribution in [3.63, 3.8) is 0 Å². The monoisotopic (exact) mass is 634 g/mol. The minimum absolute atomic E-state index is 0.0645. The van der Waals surface area contributed by atoms with E-state index in [1.165, 1.54) is 0 Å². The Bertz CT molecular complexity index is 1160. The molecule has 4 fully saturated rings. The topological polar surface area (TPSA) is 157 Å². The third kappa shape index (κ3) is 5.41. The lowest BCUT2D eigenvalue weighted by molar-refractivity contribution is -0.321. The van der Waals surface area contributed by atoms with Crippen molar-refractivity contribution < 1.29 is 44.9 Å². The summed E-state index contributed by atoms with van der Waals surface area (Å²) in [5, 5.41) is 63.8. The van der Waals surface area contributed by atoms with Crippen molar-refractivity contribution in [1.29, 1.82) is 0 Å². The summed E-state index contributed by atoms with van der Waals surface area (Å²) in [7, 11) is 0. The van der Waals surface area contributed by atoms with Crippen molar-refractivity contribution >= 4 is 6.29 Å². The van der Waals surface area contributed by atoms with Gasteiger partial charge in [-0.3, -0.25) is 0 Å². The van der Waals surface area contributed by atoms with Crippen LogP contribution in [-0.2, 0) is 14.3 Å². The molecule has 0 radical (unpaired) electrons. The minimum atomic E-state index is -1.58. The number of aldehydes is 1. The van der Waals surface area contributed by atoms with Crippen LogP contribution >= 0.6 is 0 Å². The number of fused-ring (bicyclic) bond motifs is 5. The summed E-state index contributed by atoms with van der Waals surface area (Å²) in [5.74, 6) is 0.211. The average Bonchev–Trinajstić information content (AvgIpc) is 3.25. The highest BCUT2D eigenvalue weighted by Gasteiger charge is 2.71. The lowest BCUT2D eigenvalue weighted by Gasteiger charge is -2.66. The summed E-state index contributed by atoms with van der Waals surface area (Å²) in [6, 6.07) is 0. The van der Waals surface area contributed by atoms with Crippen LogP contribution in [0.3, 0.4) is 0 Å². The molecule has 15 atom stereocenters. The molecule has 1 aliphatic heterocycles. The van der Waals surface area contributed by atoms with Crippen LogP contribution in [0.1, 0.15) is 93.4 Å². The second-order valence-corrected chi connectivity index (χ2v) is 16.5. The molecule has 15 unspecified atom stereocenters. The van der Waals surface area contributed by atoms with Crippen molar-refractivity contribution in [1.82, 2.24) is 0 Å². The molecule has 9 heteroatoms. The van der Waals surface area contributed by atoms with Gasteiger partial charge < -0.3 is 44.9 Å². The molecule has 45 heavy (non-hydrogen) atoms. The largest absolute Gasteiger partial charge is 0.394 e. The Balaban J connectivity index is 1.59. The normalized spacial score (nSPS) is 48.7. The lowest BCUT2D eigenvalue weighted by atomic mass is 9.38. The molecule has 0 aromatic heterocycles. The van der Waals surface area contributed by atoms with E-state index in [1.54, 1.807) is 0 Å². The summed E-state index contributed by atoms with van der Waals surface area (Å²) in [5.41, 5.74) is 0.182. The first-order chi connectivity index (χ1) is 21.0. The Morgan fingerprint density at radius 3 is 2.31 bits per heavy atom. The van der Waals surface area contributed by atoms with Gasteiger partial charge in [0.25, 0.3) is 0 Å². The average molecular weight is 635 g/mol. The first-order valence-electron chi connectivity index (χ1n) is 17.1. The Morgan fingerprint density at radius 2 is 1.69 bits per heavy atom. The zero-order valence-electron chi connectivity index (χ0n) is 28.2. The van der Waals surface area contributed by atoms with Gasteiger partial charge in [-0.1, -0.05) is 57.9 Å². The van der Waals surface area contributed by atoms with Crippen LogP contribution in [-0.4, -0.2) is 92.5 Å². The number of carbonyl (C=O) groups is 1. The van der Waals surface area contributed by atoms with Crippen LogP contribution in [0, 0.1) is 45.3 Å². The SMILES string of the molecule is CC(C)=CC(O)CC(C)C1CCC2(C)C3C(OC4OC(CO)C(O)C(O)C4O)C=C4C(CCC(O)C4(C)C)C3(C=O)CCC12C. The molecule has 6 N–H and O–H groups in total. The highest BCUT2D eigenvalue weighted by molar-refractivity contribution is 5.65. The van der Waals surface area contributed by atoms with Gasteiger partial charge in [-0.05, 0) is 87.4 Å². The molecular weight excluding hydrogens is 576 g/mol. The lowest BCUT2D eigenvalue weighted by Crippen LogP contribution is -2.66. The number of aliphatic hydroxyl groups is 6. The van der Waals surface area contributed by atoms with Gasteiger partial charge in [-0.25, -0.2) is 0 Å². The maximum Gasteiger partial charge on any atom is 0.187 e. The van der Waals surface area contributed by atoms with Gasteiger partial charge in [0.15, 0.2) is 6.29 Å². The van der Waals surface area contributed by atoms with Crippen molar-refractivity contribution in [2.75, 3.05) is 6.61 Å². The van der Waals surface area contributed by atoms with Gasteiger partial charge in [-0.15, -0.1) is 0 Å². The third-order valence-corrected chi connectivity index (χ3v) is 13.6. The number of aliphatic hydroxyl groups excluding tert-OH is 6. The van der Waals surface area contributed by atoms with Crippen molar-refractivity contribution in [2.45, 2.75) is 142 Å². The number of carbonyl (C=O) groups excluding carboxylic acids is 1. The Kier molecular flexibility index (Phi) is 9.66. The number of rotatable bonds is 8. The Labute approximate surface area is 268 Å². The van der Waals surface area contributed by atoms with E-state index in [-0.39, 0.29) is 28.6 Å². The summed E-state index contributed by atoms with van der Waals surface area (Å²) < 4.78 is 12.5. The molecule has 0 bridgehead atoms. The fourth-order valence-electron chi connectivity index (χ4n) is 11.0. The Morgan fingerprint density at radius 1 is 1.00 bits per heavy atom. The van der Waals surface area contributed by atoms with Crippen molar-refractivity contribution in [3.05, 3.63) is 23.3 Å². The number of hydrogen-bond donors (Lipinski definition) is 6. The van der Waals surface area contributed by atoms with E-state index in [2.05, 4.69) is 26.8 Å². The molecule has 1 saturated heterocycles. The summed E-state index contributed by atoms with van der Waals surface area (Å²) in [4.78, 5) is 13.7. The molecular formula is C36H58O9. The van der Waals surface area contributed by atoms with E-state index in [4.69, 9.17) is 9.47 Å². The van der Waals surface area contributed by atoms with Gasteiger partial charge in [-0.2, -0.15) is 0 Å². The predicted octanol–water partition coefficient (Wildman–Crippen LogP) is 3.28. The van der Waals surface area contributed by atoms with Crippen molar-refractivity contribution in [2.24, 2.45) is 45.3 Å². The third-order valence-electron chi connectivity index (χ3n) is 13.6. The van der Waals surface area contributed by atoms with E-state index in [1.807, 2.05) is 33.8 Å². The van der Waals surface area contributed by atoms with Gasteiger partial charge in [0.05, 0.1) is 24.9 Å². The van der Waals surface area contributed by atoms with E-state index in [0.29, 0.717) is 31.6 Å². The molecule has 5 rings (SSSR count). The Hall–Kier alpha value is -1.17. The maximum atomic E-state index is 13.7. The molecule has 0 spiro atoms. The smallest absolute Gasteiger partial charge is 0.187 e. The van der Waals surface area contributed by atoms with Crippen LogP contribution in [0.5, 0.6) is 0 Å². The molecule has 1 heterocycles. The maximum absolute atomic E-state index is 13.7. The second-order valence-electron chi connectivity index (χ2n) is 16.5. The van der Waals surface area contributed by atoms with Crippen LogP contribution in [0.25, 0.3) is 0 Å². The summed E-state index contributed by atoms with van der Waals surface area (Å²) >= 11 is 0.